The van der Waals surface area contributed by atoms with Gasteiger partial charge in [-0.05, 0) is 44.4 Å². The third-order valence-electron chi connectivity index (χ3n) is 3.17. The molecular weight excluding hydrogens is 276 g/mol. The third kappa shape index (κ3) is 4.78. The van der Waals surface area contributed by atoms with Gasteiger partial charge in [0.05, 0.1) is 0 Å². The highest BCUT2D eigenvalue weighted by Crippen LogP contribution is 2.16. The van der Waals surface area contributed by atoms with Crippen LogP contribution in [0.1, 0.15) is 32.8 Å². The van der Waals surface area contributed by atoms with Crippen LogP contribution in [-0.2, 0) is 6.42 Å². The molecule has 0 bridgehead atoms. The molecule has 0 aromatic heterocycles. The molecule has 17 heavy (non-hydrogen) atoms. The highest BCUT2D eigenvalue weighted by atomic mass is 79.9. The molecule has 2 atom stereocenters. The lowest BCUT2D eigenvalue weighted by Crippen LogP contribution is -2.53. The van der Waals surface area contributed by atoms with Crippen molar-refractivity contribution in [2.75, 3.05) is 6.54 Å². The van der Waals surface area contributed by atoms with Gasteiger partial charge >= 0.3 is 0 Å². The molecule has 0 radical (unpaired) electrons. The van der Waals surface area contributed by atoms with Crippen molar-refractivity contribution in [1.82, 2.24) is 5.32 Å². The summed E-state index contributed by atoms with van der Waals surface area (Å²) in [6.45, 7) is 7.23. The van der Waals surface area contributed by atoms with Gasteiger partial charge in [-0.2, -0.15) is 0 Å². The fourth-order valence-electron chi connectivity index (χ4n) is 1.93. The molecule has 0 amide bonds. The van der Waals surface area contributed by atoms with Crippen LogP contribution in [0.25, 0.3) is 0 Å². The van der Waals surface area contributed by atoms with E-state index in [1.54, 1.807) is 0 Å². The Labute approximate surface area is 113 Å². The van der Waals surface area contributed by atoms with Crippen LogP contribution in [0.4, 0.5) is 0 Å². The normalized spacial score (nSPS) is 16.5. The monoisotopic (exact) mass is 298 g/mol. The predicted octanol–water partition coefficient (Wildman–Crippen LogP) is 3.10. The van der Waals surface area contributed by atoms with E-state index in [-0.39, 0.29) is 5.54 Å². The summed E-state index contributed by atoms with van der Waals surface area (Å²) in [5.74, 6) is 0. The summed E-state index contributed by atoms with van der Waals surface area (Å²) in [6, 6.07) is 8.96. The molecule has 0 saturated heterocycles. The van der Waals surface area contributed by atoms with Gasteiger partial charge < -0.3 is 11.1 Å². The minimum atomic E-state index is -0.0245. The molecule has 0 heterocycles. The minimum absolute atomic E-state index is 0.0245. The van der Waals surface area contributed by atoms with Crippen molar-refractivity contribution in [3.8, 4) is 0 Å². The van der Waals surface area contributed by atoms with E-state index >= 15 is 0 Å². The molecule has 0 fully saturated rings. The zero-order valence-electron chi connectivity index (χ0n) is 11.0. The fraction of sp³-hybridized carbons (Fsp3) is 0.571. The quantitative estimate of drug-likeness (QED) is 0.847. The number of hydrogen-bond acceptors (Lipinski definition) is 2. The minimum Gasteiger partial charge on any atom is -0.329 e. The molecule has 0 saturated carbocycles. The van der Waals surface area contributed by atoms with Gasteiger partial charge in [-0.15, -0.1) is 0 Å². The van der Waals surface area contributed by atoms with E-state index in [1.807, 2.05) is 0 Å². The van der Waals surface area contributed by atoms with Gasteiger partial charge in [-0.3, -0.25) is 0 Å². The summed E-state index contributed by atoms with van der Waals surface area (Å²) in [6.07, 6.45) is 2.08. The maximum atomic E-state index is 5.92. The molecule has 2 unspecified atom stereocenters. The summed E-state index contributed by atoms with van der Waals surface area (Å²) in [5, 5.41) is 3.62. The van der Waals surface area contributed by atoms with Crippen LogP contribution in [0.5, 0.6) is 0 Å². The molecule has 3 heteroatoms. The maximum Gasteiger partial charge on any atom is 0.0318 e. The second-order valence-electron chi connectivity index (χ2n) is 5.02. The van der Waals surface area contributed by atoms with E-state index in [0.29, 0.717) is 12.6 Å². The van der Waals surface area contributed by atoms with E-state index in [0.717, 1.165) is 17.3 Å². The van der Waals surface area contributed by atoms with Crippen molar-refractivity contribution >= 4 is 15.9 Å². The molecule has 0 aliphatic carbocycles. The average molecular weight is 299 g/mol. The Morgan fingerprint density at radius 2 is 1.94 bits per heavy atom. The van der Waals surface area contributed by atoms with E-state index < -0.39 is 0 Å². The largest absolute Gasteiger partial charge is 0.329 e. The standard InChI is InChI=1S/C14H23BrN2/c1-4-11(2)17-14(3,10-16)9-12-5-7-13(15)8-6-12/h5-8,11,17H,4,9-10,16H2,1-3H3. The summed E-state index contributed by atoms with van der Waals surface area (Å²) in [7, 11) is 0. The number of halogens is 1. The first kappa shape index (κ1) is 14.7. The summed E-state index contributed by atoms with van der Waals surface area (Å²) in [4.78, 5) is 0. The van der Waals surface area contributed by atoms with Gasteiger partial charge in [0, 0.05) is 22.6 Å². The fourth-order valence-corrected chi connectivity index (χ4v) is 2.20. The first-order valence-corrected chi connectivity index (χ1v) is 7.00. The van der Waals surface area contributed by atoms with Crippen LogP contribution in [0.3, 0.4) is 0 Å². The zero-order chi connectivity index (χ0) is 12.9. The van der Waals surface area contributed by atoms with Crippen molar-refractivity contribution in [3.05, 3.63) is 34.3 Å². The Bertz CT molecular complexity index is 337. The van der Waals surface area contributed by atoms with E-state index in [9.17, 15) is 0 Å². The molecular formula is C14H23BrN2. The van der Waals surface area contributed by atoms with Crippen molar-refractivity contribution in [2.24, 2.45) is 5.73 Å². The molecule has 0 aliphatic heterocycles. The molecule has 0 spiro atoms. The van der Waals surface area contributed by atoms with Gasteiger partial charge in [-0.1, -0.05) is 35.0 Å². The zero-order valence-corrected chi connectivity index (χ0v) is 12.5. The second kappa shape index (κ2) is 6.53. The lowest BCUT2D eigenvalue weighted by atomic mass is 9.91. The molecule has 1 aromatic carbocycles. The topological polar surface area (TPSA) is 38.0 Å². The Morgan fingerprint density at radius 1 is 1.35 bits per heavy atom. The van der Waals surface area contributed by atoms with Gasteiger partial charge in [0.15, 0.2) is 0 Å². The first-order valence-electron chi connectivity index (χ1n) is 6.21. The smallest absolute Gasteiger partial charge is 0.0318 e. The number of nitrogens with two attached hydrogens (primary N) is 1. The number of rotatable bonds is 6. The molecule has 1 rings (SSSR count). The Balaban J connectivity index is 2.70. The van der Waals surface area contributed by atoms with E-state index in [1.165, 1.54) is 5.56 Å². The van der Waals surface area contributed by atoms with Crippen LogP contribution in [0.2, 0.25) is 0 Å². The summed E-state index contributed by atoms with van der Waals surface area (Å²) >= 11 is 3.45. The average Bonchev–Trinajstić information content (AvgIpc) is 2.32. The molecule has 96 valence electrons. The Hall–Kier alpha value is -0.380. The van der Waals surface area contributed by atoms with Crippen LogP contribution in [0, 0.1) is 0 Å². The van der Waals surface area contributed by atoms with Crippen molar-refractivity contribution < 1.29 is 0 Å². The van der Waals surface area contributed by atoms with Crippen LogP contribution >= 0.6 is 15.9 Å². The Kier molecular flexibility index (Phi) is 5.63. The second-order valence-corrected chi connectivity index (χ2v) is 5.94. The maximum absolute atomic E-state index is 5.92. The first-order chi connectivity index (χ1) is 7.99. The van der Waals surface area contributed by atoms with E-state index in [4.69, 9.17) is 5.73 Å². The van der Waals surface area contributed by atoms with Gasteiger partial charge in [-0.25, -0.2) is 0 Å². The molecule has 0 aliphatic rings. The highest BCUT2D eigenvalue weighted by Gasteiger charge is 2.23. The van der Waals surface area contributed by atoms with Crippen LogP contribution < -0.4 is 11.1 Å². The number of benzene rings is 1. The van der Waals surface area contributed by atoms with Crippen molar-refractivity contribution in [1.29, 1.82) is 0 Å². The Morgan fingerprint density at radius 3 is 2.41 bits per heavy atom. The predicted molar refractivity (Wildman–Crippen MR) is 78.2 cm³/mol. The number of hydrogen-bond donors (Lipinski definition) is 2. The van der Waals surface area contributed by atoms with Crippen LogP contribution in [-0.4, -0.2) is 18.1 Å². The van der Waals surface area contributed by atoms with Gasteiger partial charge in [0.1, 0.15) is 0 Å². The molecule has 1 aromatic rings. The third-order valence-corrected chi connectivity index (χ3v) is 3.69. The van der Waals surface area contributed by atoms with E-state index in [2.05, 4.69) is 66.3 Å². The summed E-state index contributed by atoms with van der Waals surface area (Å²) < 4.78 is 1.12. The summed E-state index contributed by atoms with van der Waals surface area (Å²) in [5.41, 5.74) is 7.21. The van der Waals surface area contributed by atoms with Gasteiger partial charge in [0.25, 0.3) is 0 Å². The lowest BCUT2D eigenvalue weighted by Gasteiger charge is -2.33. The van der Waals surface area contributed by atoms with Gasteiger partial charge in [0.2, 0.25) is 0 Å². The lowest BCUT2D eigenvalue weighted by molar-refractivity contribution is 0.317. The molecule has 3 N–H and O–H groups in total. The van der Waals surface area contributed by atoms with Crippen molar-refractivity contribution in [3.63, 3.8) is 0 Å². The highest BCUT2D eigenvalue weighted by molar-refractivity contribution is 9.10. The molecule has 2 nitrogen and oxygen atoms in total. The SMILES string of the molecule is CCC(C)NC(C)(CN)Cc1ccc(Br)cc1. The number of nitrogens with one attached hydrogen (secondary N) is 1. The van der Waals surface area contributed by atoms with Crippen molar-refractivity contribution in [2.45, 2.75) is 45.2 Å². The van der Waals surface area contributed by atoms with Crippen LogP contribution in [0.15, 0.2) is 28.7 Å².